The third kappa shape index (κ3) is 3.45. The molecule has 0 aliphatic carbocycles. The zero-order valence-electron chi connectivity index (χ0n) is 12.2. The molecule has 0 aliphatic heterocycles. The lowest BCUT2D eigenvalue weighted by molar-refractivity contribution is 0.963. The molecule has 0 atom stereocenters. The van der Waals surface area contributed by atoms with E-state index < -0.39 is 0 Å². The second kappa shape index (κ2) is 6.03. The molecule has 2 aromatic rings. The van der Waals surface area contributed by atoms with Crippen LogP contribution in [0.4, 0.5) is 0 Å². The third-order valence-electron chi connectivity index (χ3n) is 3.65. The van der Waals surface area contributed by atoms with Crippen molar-refractivity contribution in [1.29, 1.82) is 0 Å². The highest BCUT2D eigenvalue weighted by atomic mass is 14.5. The zero-order valence-corrected chi connectivity index (χ0v) is 12.2. The lowest BCUT2D eigenvalue weighted by Gasteiger charge is -2.12. The SMILES string of the molecule is Cc1cc(C)c(Cc2cccc(CCN)c2)c(C)c1. The quantitative estimate of drug-likeness (QED) is 0.883. The van der Waals surface area contributed by atoms with Crippen LogP contribution in [0, 0.1) is 20.8 Å². The number of hydrogen-bond acceptors (Lipinski definition) is 1. The molecular weight excluding hydrogens is 230 g/mol. The van der Waals surface area contributed by atoms with Gasteiger partial charge in [0, 0.05) is 0 Å². The molecule has 0 bridgehead atoms. The van der Waals surface area contributed by atoms with Crippen LogP contribution in [-0.4, -0.2) is 6.54 Å². The van der Waals surface area contributed by atoms with E-state index in [1.165, 1.54) is 33.4 Å². The smallest absolute Gasteiger partial charge is 0.00204 e. The van der Waals surface area contributed by atoms with E-state index in [-0.39, 0.29) is 0 Å². The minimum Gasteiger partial charge on any atom is -0.330 e. The molecule has 0 spiro atoms. The van der Waals surface area contributed by atoms with E-state index in [0.29, 0.717) is 6.54 Å². The maximum absolute atomic E-state index is 5.63. The molecule has 19 heavy (non-hydrogen) atoms. The van der Waals surface area contributed by atoms with Crippen LogP contribution in [0.5, 0.6) is 0 Å². The number of rotatable bonds is 4. The molecule has 100 valence electrons. The summed E-state index contributed by atoms with van der Waals surface area (Å²) in [6.45, 7) is 7.29. The average molecular weight is 253 g/mol. The molecule has 2 rings (SSSR count). The van der Waals surface area contributed by atoms with Gasteiger partial charge in [0.2, 0.25) is 0 Å². The summed E-state index contributed by atoms with van der Waals surface area (Å²) < 4.78 is 0. The standard InChI is InChI=1S/C18H23N/c1-13-9-14(2)18(15(3)10-13)12-17-6-4-5-16(11-17)7-8-19/h4-6,9-11H,7-8,12,19H2,1-3H3. The van der Waals surface area contributed by atoms with E-state index in [1.54, 1.807) is 0 Å². The van der Waals surface area contributed by atoms with Crippen LogP contribution in [0.15, 0.2) is 36.4 Å². The van der Waals surface area contributed by atoms with E-state index >= 15 is 0 Å². The molecule has 0 aliphatic rings. The molecular formula is C18H23N. The second-order valence-corrected chi connectivity index (χ2v) is 5.41. The normalized spacial score (nSPS) is 10.7. The molecule has 0 unspecified atom stereocenters. The van der Waals surface area contributed by atoms with E-state index in [4.69, 9.17) is 5.73 Å². The molecule has 0 fully saturated rings. The van der Waals surface area contributed by atoms with Crippen molar-refractivity contribution in [3.8, 4) is 0 Å². The number of aryl methyl sites for hydroxylation is 3. The van der Waals surface area contributed by atoms with Gasteiger partial charge in [-0.1, -0.05) is 42.0 Å². The summed E-state index contributed by atoms with van der Waals surface area (Å²) in [7, 11) is 0. The first-order chi connectivity index (χ1) is 9.10. The van der Waals surface area contributed by atoms with Gasteiger partial charge in [0.25, 0.3) is 0 Å². The van der Waals surface area contributed by atoms with Gasteiger partial charge in [-0.2, -0.15) is 0 Å². The van der Waals surface area contributed by atoms with Crippen LogP contribution in [0.2, 0.25) is 0 Å². The summed E-state index contributed by atoms with van der Waals surface area (Å²) in [6, 6.07) is 13.3. The molecule has 0 radical (unpaired) electrons. The molecule has 1 nitrogen and oxygen atoms in total. The Morgan fingerprint density at radius 1 is 0.895 bits per heavy atom. The topological polar surface area (TPSA) is 26.0 Å². The second-order valence-electron chi connectivity index (χ2n) is 5.41. The van der Waals surface area contributed by atoms with Crippen LogP contribution in [-0.2, 0) is 12.8 Å². The maximum atomic E-state index is 5.63. The predicted octanol–water partition coefficient (Wildman–Crippen LogP) is 3.70. The highest BCUT2D eigenvalue weighted by Crippen LogP contribution is 2.20. The number of hydrogen-bond donors (Lipinski definition) is 1. The molecule has 0 aromatic heterocycles. The summed E-state index contributed by atoms with van der Waals surface area (Å²) in [5, 5.41) is 0. The Kier molecular flexibility index (Phi) is 4.39. The van der Waals surface area contributed by atoms with Gasteiger partial charge in [-0.25, -0.2) is 0 Å². The molecule has 0 amide bonds. The van der Waals surface area contributed by atoms with E-state index in [1.807, 2.05) is 0 Å². The van der Waals surface area contributed by atoms with Crippen LogP contribution >= 0.6 is 0 Å². The fraction of sp³-hybridized carbons (Fsp3) is 0.333. The Bertz CT molecular complexity index is 547. The summed E-state index contributed by atoms with van der Waals surface area (Å²) >= 11 is 0. The Morgan fingerprint density at radius 3 is 2.16 bits per heavy atom. The van der Waals surface area contributed by atoms with Crippen molar-refractivity contribution in [1.82, 2.24) is 0 Å². The average Bonchev–Trinajstić information content (AvgIpc) is 2.35. The Labute approximate surface area is 116 Å². The molecule has 2 aromatic carbocycles. The van der Waals surface area contributed by atoms with Crippen molar-refractivity contribution < 1.29 is 0 Å². The Hall–Kier alpha value is -1.60. The lowest BCUT2D eigenvalue weighted by atomic mass is 9.93. The van der Waals surface area contributed by atoms with Crippen molar-refractivity contribution in [2.45, 2.75) is 33.6 Å². The highest BCUT2D eigenvalue weighted by Gasteiger charge is 2.05. The van der Waals surface area contributed by atoms with Crippen LogP contribution < -0.4 is 5.73 Å². The first-order valence-electron chi connectivity index (χ1n) is 6.94. The predicted molar refractivity (Wildman–Crippen MR) is 82.7 cm³/mol. The molecule has 0 saturated carbocycles. The first-order valence-corrected chi connectivity index (χ1v) is 6.94. The van der Waals surface area contributed by atoms with E-state index in [9.17, 15) is 0 Å². The van der Waals surface area contributed by atoms with Crippen LogP contribution in [0.25, 0.3) is 0 Å². The molecule has 0 heterocycles. The van der Waals surface area contributed by atoms with E-state index in [2.05, 4.69) is 57.2 Å². The van der Waals surface area contributed by atoms with Gasteiger partial charge in [0.1, 0.15) is 0 Å². The molecule has 2 N–H and O–H groups in total. The van der Waals surface area contributed by atoms with Crippen molar-refractivity contribution >= 4 is 0 Å². The largest absolute Gasteiger partial charge is 0.330 e. The maximum Gasteiger partial charge on any atom is -0.00204 e. The lowest BCUT2D eigenvalue weighted by Crippen LogP contribution is -2.03. The molecule has 1 heteroatoms. The summed E-state index contributed by atoms with van der Waals surface area (Å²) in [5.41, 5.74) is 13.9. The number of benzene rings is 2. The minimum absolute atomic E-state index is 0.714. The first kappa shape index (κ1) is 13.8. The Morgan fingerprint density at radius 2 is 1.53 bits per heavy atom. The van der Waals surface area contributed by atoms with E-state index in [0.717, 1.165) is 12.8 Å². The fourth-order valence-electron chi connectivity index (χ4n) is 2.75. The van der Waals surface area contributed by atoms with Crippen LogP contribution in [0.3, 0.4) is 0 Å². The van der Waals surface area contributed by atoms with Gasteiger partial charge in [0.05, 0.1) is 0 Å². The van der Waals surface area contributed by atoms with Crippen molar-refractivity contribution in [3.05, 3.63) is 69.8 Å². The minimum atomic E-state index is 0.714. The number of nitrogens with two attached hydrogens (primary N) is 1. The fourth-order valence-corrected chi connectivity index (χ4v) is 2.75. The van der Waals surface area contributed by atoms with Gasteiger partial charge < -0.3 is 5.73 Å². The summed E-state index contributed by atoms with van der Waals surface area (Å²) in [6.07, 6.45) is 1.97. The van der Waals surface area contributed by atoms with Gasteiger partial charge in [-0.05, 0) is 68.0 Å². The highest BCUT2D eigenvalue weighted by molar-refractivity contribution is 5.41. The van der Waals surface area contributed by atoms with Gasteiger partial charge >= 0.3 is 0 Å². The van der Waals surface area contributed by atoms with Gasteiger partial charge in [0.15, 0.2) is 0 Å². The molecule has 0 saturated heterocycles. The van der Waals surface area contributed by atoms with Gasteiger partial charge in [-0.3, -0.25) is 0 Å². The summed E-state index contributed by atoms with van der Waals surface area (Å²) in [4.78, 5) is 0. The van der Waals surface area contributed by atoms with Crippen molar-refractivity contribution in [3.63, 3.8) is 0 Å². The van der Waals surface area contributed by atoms with Crippen molar-refractivity contribution in [2.24, 2.45) is 5.73 Å². The Balaban J connectivity index is 2.28. The monoisotopic (exact) mass is 253 g/mol. The van der Waals surface area contributed by atoms with Crippen molar-refractivity contribution in [2.75, 3.05) is 6.54 Å². The summed E-state index contributed by atoms with van der Waals surface area (Å²) in [5.74, 6) is 0. The van der Waals surface area contributed by atoms with Crippen LogP contribution in [0.1, 0.15) is 33.4 Å². The van der Waals surface area contributed by atoms with Gasteiger partial charge in [-0.15, -0.1) is 0 Å². The third-order valence-corrected chi connectivity index (χ3v) is 3.65. The zero-order chi connectivity index (χ0) is 13.8.